The summed E-state index contributed by atoms with van der Waals surface area (Å²) in [4.78, 5) is 24.4. The normalized spacial score (nSPS) is 13.0. The van der Waals surface area contributed by atoms with E-state index in [4.69, 9.17) is 4.74 Å². The Bertz CT molecular complexity index is 931. The molecule has 0 aromatic rings. The Labute approximate surface area is 353 Å². The van der Waals surface area contributed by atoms with Crippen LogP contribution < -0.4 is 5.32 Å². The Morgan fingerprint density at radius 3 is 1.37 bits per heavy atom. The number of hydrogen-bond donors (Lipinski definition) is 3. The summed E-state index contributed by atoms with van der Waals surface area (Å²) < 4.78 is 5.46. The van der Waals surface area contributed by atoms with Crippen molar-refractivity contribution in [3.8, 4) is 0 Å². The zero-order valence-corrected chi connectivity index (χ0v) is 37.8. The number of esters is 1. The molecule has 2 unspecified atom stereocenters. The summed E-state index contributed by atoms with van der Waals surface area (Å²) in [5.74, 6) is -0.0999. The number of unbranched alkanes of at least 4 members (excludes halogenated alkanes) is 30. The van der Waals surface area contributed by atoms with Crippen LogP contribution in [0.4, 0.5) is 0 Å². The molecule has 0 radical (unpaired) electrons. The van der Waals surface area contributed by atoms with Crippen molar-refractivity contribution in [2.24, 2.45) is 0 Å². The lowest BCUT2D eigenvalue weighted by atomic mass is 10.0. The Morgan fingerprint density at radius 2 is 0.877 bits per heavy atom. The summed E-state index contributed by atoms with van der Waals surface area (Å²) in [5, 5.41) is 22.9. The number of allylic oxidation sites excluding steroid dienone is 5. The average Bonchev–Trinajstić information content (AvgIpc) is 3.21. The molecule has 0 heterocycles. The van der Waals surface area contributed by atoms with Gasteiger partial charge in [-0.3, -0.25) is 9.59 Å². The number of ether oxygens (including phenoxy) is 1. The fourth-order valence-corrected chi connectivity index (χ4v) is 7.31. The minimum Gasteiger partial charge on any atom is -0.466 e. The number of aliphatic hydroxyl groups is 2. The van der Waals surface area contributed by atoms with Crippen LogP contribution in [0.3, 0.4) is 0 Å². The fourth-order valence-electron chi connectivity index (χ4n) is 7.31. The van der Waals surface area contributed by atoms with Crippen molar-refractivity contribution in [3.63, 3.8) is 0 Å². The molecule has 0 aromatic carbocycles. The van der Waals surface area contributed by atoms with Crippen LogP contribution in [-0.2, 0) is 14.3 Å². The number of nitrogens with one attached hydrogen (secondary N) is 1. The average molecular weight is 802 g/mol. The lowest BCUT2D eigenvalue weighted by Gasteiger charge is -2.20. The van der Waals surface area contributed by atoms with Gasteiger partial charge in [-0.2, -0.15) is 0 Å². The molecule has 0 fully saturated rings. The number of amides is 1. The van der Waals surface area contributed by atoms with Crippen molar-refractivity contribution < 1.29 is 24.5 Å². The minimum atomic E-state index is -0.851. The van der Waals surface area contributed by atoms with Crippen LogP contribution in [0.5, 0.6) is 0 Å². The maximum atomic E-state index is 12.4. The molecular formula is C51H95NO5. The van der Waals surface area contributed by atoms with E-state index in [1.54, 1.807) is 6.08 Å². The maximum Gasteiger partial charge on any atom is 0.305 e. The molecule has 2 atom stereocenters. The third-order valence-corrected chi connectivity index (χ3v) is 11.2. The zero-order chi connectivity index (χ0) is 41.5. The van der Waals surface area contributed by atoms with Gasteiger partial charge < -0.3 is 20.3 Å². The highest BCUT2D eigenvalue weighted by Gasteiger charge is 2.18. The van der Waals surface area contributed by atoms with Crippen molar-refractivity contribution in [1.29, 1.82) is 0 Å². The van der Waals surface area contributed by atoms with Crippen LogP contribution in [0.2, 0.25) is 0 Å². The molecule has 6 nitrogen and oxygen atoms in total. The molecule has 0 saturated heterocycles. The van der Waals surface area contributed by atoms with E-state index in [2.05, 4.69) is 43.5 Å². The van der Waals surface area contributed by atoms with Gasteiger partial charge in [0.05, 0.1) is 25.4 Å². The van der Waals surface area contributed by atoms with Gasteiger partial charge in [0.25, 0.3) is 0 Å². The lowest BCUT2D eigenvalue weighted by molar-refractivity contribution is -0.143. The van der Waals surface area contributed by atoms with Gasteiger partial charge in [-0.25, -0.2) is 0 Å². The first-order valence-electron chi connectivity index (χ1n) is 24.8. The molecule has 0 aliphatic heterocycles. The smallest absolute Gasteiger partial charge is 0.305 e. The summed E-state index contributed by atoms with van der Waals surface area (Å²) in [5.41, 5.74) is 0. The van der Waals surface area contributed by atoms with Crippen molar-refractivity contribution >= 4 is 11.9 Å². The first-order chi connectivity index (χ1) is 28.0. The van der Waals surface area contributed by atoms with Crippen molar-refractivity contribution in [2.75, 3.05) is 13.2 Å². The highest BCUT2D eigenvalue weighted by molar-refractivity contribution is 5.76. The van der Waals surface area contributed by atoms with Crippen LogP contribution in [-0.4, -0.2) is 47.4 Å². The minimum absolute atomic E-state index is 0.0156. The first-order valence-corrected chi connectivity index (χ1v) is 24.8. The first kappa shape index (κ1) is 55.1. The van der Waals surface area contributed by atoms with Crippen molar-refractivity contribution in [1.82, 2.24) is 5.32 Å². The molecule has 6 heteroatoms. The molecule has 0 saturated carbocycles. The molecule has 57 heavy (non-hydrogen) atoms. The Morgan fingerprint density at radius 1 is 0.491 bits per heavy atom. The van der Waals surface area contributed by atoms with Crippen LogP contribution in [0.25, 0.3) is 0 Å². The molecule has 1 amide bonds. The number of carbonyl (C=O) groups excluding carboxylic acids is 2. The highest BCUT2D eigenvalue weighted by Crippen LogP contribution is 2.15. The SMILES string of the molecule is CCCCC/C=C\C/C=C\CCCCCCCCCC(=O)OCCCCCCCCCCCCCCCC(=O)NC(CO)C(O)/C=C/CCCCCCCCCC. The van der Waals surface area contributed by atoms with Gasteiger partial charge in [-0.05, 0) is 64.2 Å². The van der Waals surface area contributed by atoms with E-state index in [0.717, 1.165) is 64.2 Å². The van der Waals surface area contributed by atoms with Crippen molar-refractivity contribution in [3.05, 3.63) is 36.5 Å². The second kappa shape index (κ2) is 46.8. The van der Waals surface area contributed by atoms with E-state index in [9.17, 15) is 19.8 Å². The molecule has 0 aliphatic carbocycles. The van der Waals surface area contributed by atoms with Gasteiger partial charge >= 0.3 is 5.97 Å². The topological polar surface area (TPSA) is 95.9 Å². The summed E-state index contributed by atoms with van der Waals surface area (Å²) >= 11 is 0. The third-order valence-electron chi connectivity index (χ3n) is 11.2. The molecule has 0 aliphatic rings. The molecule has 334 valence electrons. The van der Waals surface area contributed by atoms with Crippen molar-refractivity contribution in [2.45, 2.75) is 264 Å². The summed E-state index contributed by atoms with van der Waals surface area (Å²) in [6, 6.07) is -0.636. The molecule has 0 rings (SSSR count). The second-order valence-corrected chi connectivity index (χ2v) is 16.8. The summed E-state index contributed by atoms with van der Waals surface area (Å²) in [6.45, 7) is 4.82. The standard InChI is InChI=1S/C51H95NO5/c1-3-5-7-9-11-13-15-16-17-18-19-22-25-29-33-37-41-45-51(56)57-46-42-38-34-30-26-23-20-21-24-28-32-36-40-44-50(55)52-48(47-53)49(54)43-39-35-31-27-14-12-10-8-6-4-2/h11,13,16-17,39,43,48-49,53-54H,3-10,12,14-15,18-38,40-42,44-47H2,1-2H3,(H,52,55)/b13-11-,17-16-,43-39+. The predicted molar refractivity (Wildman–Crippen MR) is 246 cm³/mol. The Kier molecular flexibility index (Phi) is 45.2. The Balaban J connectivity index is 3.46. The van der Waals surface area contributed by atoms with Crippen LogP contribution >= 0.6 is 0 Å². The molecule has 0 aromatic heterocycles. The third kappa shape index (κ3) is 43.5. The van der Waals surface area contributed by atoms with E-state index >= 15 is 0 Å². The largest absolute Gasteiger partial charge is 0.466 e. The van der Waals surface area contributed by atoms with E-state index in [-0.39, 0.29) is 18.5 Å². The van der Waals surface area contributed by atoms with Gasteiger partial charge in [0.1, 0.15) is 0 Å². The number of hydrogen-bond acceptors (Lipinski definition) is 5. The summed E-state index contributed by atoms with van der Waals surface area (Å²) in [6.07, 6.45) is 55.6. The molecular weight excluding hydrogens is 707 g/mol. The lowest BCUT2D eigenvalue weighted by Crippen LogP contribution is -2.45. The van der Waals surface area contributed by atoms with Crippen LogP contribution in [0, 0.1) is 0 Å². The number of rotatable bonds is 45. The highest BCUT2D eigenvalue weighted by atomic mass is 16.5. The van der Waals surface area contributed by atoms with E-state index in [0.29, 0.717) is 19.4 Å². The Hall–Kier alpha value is -1.92. The molecule has 0 spiro atoms. The van der Waals surface area contributed by atoms with E-state index in [1.165, 1.54) is 161 Å². The molecule has 0 bridgehead atoms. The van der Waals surface area contributed by atoms with Gasteiger partial charge in [-0.15, -0.1) is 0 Å². The van der Waals surface area contributed by atoms with Gasteiger partial charge in [0.15, 0.2) is 0 Å². The summed E-state index contributed by atoms with van der Waals surface area (Å²) in [7, 11) is 0. The fraction of sp³-hybridized carbons (Fsp3) is 0.843. The van der Waals surface area contributed by atoms with Crippen LogP contribution in [0.15, 0.2) is 36.5 Å². The zero-order valence-electron chi connectivity index (χ0n) is 37.8. The molecule has 3 N–H and O–H groups in total. The van der Waals surface area contributed by atoms with Crippen LogP contribution in [0.1, 0.15) is 251 Å². The van der Waals surface area contributed by atoms with Gasteiger partial charge in [-0.1, -0.05) is 211 Å². The quantitative estimate of drug-likeness (QED) is 0.0324. The van der Waals surface area contributed by atoms with Gasteiger partial charge in [0.2, 0.25) is 5.91 Å². The van der Waals surface area contributed by atoms with Gasteiger partial charge in [0, 0.05) is 12.8 Å². The number of aliphatic hydroxyl groups excluding tert-OH is 2. The van der Waals surface area contributed by atoms with E-state index in [1.807, 2.05) is 6.08 Å². The predicted octanol–water partition coefficient (Wildman–Crippen LogP) is 14.5. The monoisotopic (exact) mass is 802 g/mol. The number of carbonyl (C=O) groups is 2. The van der Waals surface area contributed by atoms with E-state index < -0.39 is 12.1 Å². The maximum absolute atomic E-state index is 12.4. The second-order valence-electron chi connectivity index (χ2n) is 16.8.